The van der Waals surface area contributed by atoms with E-state index in [1.54, 1.807) is 71.6 Å². The fraction of sp³-hybridized carbons (Fsp3) is 0.410. The smallest absolute Gasteiger partial charge is 0.265 e. The molecule has 3 heterocycles. The third kappa shape index (κ3) is 9.98. The molecule has 2 bridgehead atoms. The molecule has 1 spiro atoms. The molecule has 15 heteroatoms. The van der Waals surface area contributed by atoms with Gasteiger partial charge in [0.25, 0.3) is 5.91 Å². The maximum absolute atomic E-state index is 14.5. The summed E-state index contributed by atoms with van der Waals surface area (Å²) < 4.78 is 22.9. The highest BCUT2D eigenvalue weighted by atomic mass is 16.5. The Morgan fingerprint density at radius 2 is 1.48 bits per heavy atom. The second kappa shape index (κ2) is 18.3. The van der Waals surface area contributed by atoms with Crippen LogP contribution in [0.4, 0.5) is 0 Å². The van der Waals surface area contributed by atoms with Crippen LogP contribution in [0.1, 0.15) is 30.9 Å². The molecule has 5 N–H and O–H groups in total. The molecule has 6 rings (SSSR count). The van der Waals surface area contributed by atoms with Crippen molar-refractivity contribution in [3.05, 3.63) is 83.9 Å². The molecule has 1 saturated heterocycles. The summed E-state index contributed by atoms with van der Waals surface area (Å²) >= 11 is 0. The summed E-state index contributed by atoms with van der Waals surface area (Å²) in [5.41, 5.74) is -0.0338. The second-order valence-corrected chi connectivity index (χ2v) is 13.1. The Morgan fingerprint density at radius 1 is 0.815 bits per heavy atom. The van der Waals surface area contributed by atoms with E-state index in [2.05, 4.69) is 21.3 Å². The van der Waals surface area contributed by atoms with Crippen LogP contribution < -0.4 is 40.2 Å². The maximum Gasteiger partial charge on any atom is 0.265 e. The van der Waals surface area contributed by atoms with Gasteiger partial charge in [-0.15, -0.1) is 0 Å². The number of carbonyl (C=O) groups is 5. The van der Waals surface area contributed by atoms with E-state index in [1.807, 2.05) is 6.07 Å². The minimum Gasteiger partial charge on any atom is -0.493 e. The molecule has 3 aliphatic rings. The molecule has 288 valence electrons. The van der Waals surface area contributed by atoms with E-state index in [1.165, 1.54) is 21.1 Å². The zero-order valence-corrected chi connectivity index (χ0v) is 30.6. The van der Waals surface area contributed by atoms with Crippen LogP contribution in [0.5, 0.6) is 23.0 Å². The summed E-state index contributed by atoms with van der Waals surface area (Å²) in [6, 6.07) is 17.4. The monoisotopic (exact) mass is 745 g/mol. The number of likely N-dealkylation sites (tertiary alicyclic amines) is 1. The number of ether oxygens (including phenoxy) is 4. The van der Waals surface area contributed by atoms with E-state index in [9.17, 15) is 29.1 Å². The molecule has 54 heavy (non-hydrogen) atoms. The van der Waals surface area contributed by atoms with Gasteiger partial charge in [0.05, 0.1) is 33.8 Å². The number of hydrogen-bond acceptors (Lipinski definition) is 10. The number of aliphatic hydroxyl groups is 1. The summed E-state index contributed by atoms with van der Waals surface area (Å²) in [4.78, 5) is 69.2. The third-order valence-corrected chi connectivity index (χ3v) is 9.42. The van der Waals surface area contributed by atoms with Crippen molar-refractivity contribution >= 4 is 29.5 Å². The largest absolute Gasteiger partial charge is 0.493 e. The molecule has 3 aromatic rings. The Balaban J connectivity index is 1.42. The van der Waals surface area contributed by atoms with Crippen molar-refractivity contribution < 1.29 is 48.0 Å². The number of nitrogens with zero attached hydrogens (tertiary/aromatic N) is 1. The van der Waals surface area contributed by atoms with E-state index in [0.717, 1.165) is 11.1 Å². The van der Waals surface area contributed by atoms with Crippen LogP contribution in [-0.2, 0) is 36.8 Å². The Kier molecular flexibility index (Phi) is 13.3. The first kappa shape index (κ1) is 39.4. The van der Waals surface area contributed by atoms with E-state index in [0.29, 0.717) is 23.0 Å². The second-order valence-electron chi connectivity index (χ2n) is 13.1. The molecule has 3 aliphatic heterocycles. The van der Waals surface area contributed by atoms with Gasteiger partial charge in [-0.05, 0) is 54.4 Å². The number of rotatable bonds is 7. The molecule has 5 amide bonds. The number of fused-ring (bicyclic) bond motifs is 15. The summed E-state index contributed by atoms with van der Waals surface area (Å²) in [6.07, 6.45) is 0.361. The van der Waals surface area contributed by atoms with Crippen molar-refractivity contribution in [1.29, 1.82) is 0 Å². The fourth-order valence-corrected chi connectivity index (χ4v) is 6.29. The van der Waals surface area contributed by atoms with Crippen LogP contribution in [0.3, 0.4) is 0 Å². The van der Waals surface area contributed by atoms with Crippen molar-refractivity contribution in [3.63, 3.8) is 0 Å². The SMILES string of the molecule is COc1ccc(CC(=O)N2CCC3(CC2)Oc2ccc(cc2)OCCNC(=O)[C@H](C)NC(=O)[C@H](CO)NC(=O)[C@@H](Cc2ccccc2)NC3=O)cc1OC. The Morgan fingerprint density at radius 3 is 2.15 bits per heavy atom. The van der Waals surface area contributed by atoms with Gasteiger partial charge in [-0.3, -0.25) is 24.0 Å². The van der Waals surface area contributed by atoms with Crippen LogP contribution in [0.25, 0.3) is 0 Å². The van der Waals surface area contributed by atoms with Crippen molar-refractivity contribution in [3.8, 4) is 23.0 Å². The van der Waals surface area contributed by atoms with Gasteiger partial charge in [-0.1, -0.05) is 36.4 Å². The Labute approximate surface area is 313 Å². The van der Waals surface area contributed by atoms with Gasteiger partial charge < -0.3 is 50.2 Å². The molecular weight excluding hydrogens is 698 g/mol. The summed E-state index contributed by atoms with van der Waals surface area (Å²) in [5, 5.41) is 20.7. The van der Waals surface area contributed by atoms with Crippen LogP contribution in [0.15, 0.2) is 72.8 Å². The van der Waals surface area contributed by atoms with Crippen LogP contribution in [0, 0.1) is 0 Å². The van der Waals surface area contributed by atoms with Crippen LogP contribution in [-0.4, -0.2) is 110 Å². The number of benzene rings is 3. The van der Waals surface area contributed by atoms with E-state index >= 15 is 0 Å². The molecule has 0 radical (unpaired) electrons. The Hall–Kier alpha value is -5.83. The molecule has 3 atom stereocenters. The lowest BCUT2D eigenvalue weighted by Crippen LogP contribution is -2.63. The summed E-state index contributed by atoms with van der Waals surface area (Å²) in [7, 11) is 3.06. The number of piperidine rings is 1. The maximum atomic E-state index is 14.5. The highest BCUT2D eigenvalue weighted by molar-refractivity contribution is 5.95. The van der Waals surface area contributed by atoms with Gasteiger partial charge >= 0.3 is 0 Å². The van der Waals surface area contributed by atoms with Crippen molar-refractivity contribution in [2.75, 3.05) is 47.1 Å². The first-order valence-corrected chi connectivity index (χ1v) is 17.8. The summed E-state index contributed by atoms with van der Waals surface area (Å²) in [5.74, 6) is -0.826. The lowest BCUT2D eigenvalue weighted by molar-refractivity contribution is -0.148. The fourth-order valence-electron chi connectivity index (χ4n) is 6.29. The van der Waals surface area contributed by atoms with Gasteiger partial charge in [-0.2, -0.15) is 0 Å². The van der Waals surface area contributed by atoms with Gasteiger partial charge in [0.2, 0.25) is 23.6 Å². The third-order valence-electron chi connectivity index (χ3n) is 9.42. The van der Waals surface area contributed by atoms with E-state index < -0.39 is 54.0 Å². The highest BCUT2D eigenvalue weighted by Gasteiger charge is 2.46. The predicted octanol–water partition coefficient (Wildman–Crippen LogP) is 0.904. The van der Waals surface area contributed by atoms with E-state index in [4.69, 9.17) is 18.9 Å². The quantitative estimate of drug-likeness (QED) is 0.217. The Bertz CT molecular complexity index is 1780. The number of carbonyl (C=O) groups excluding carboxylic acids is 5. The van der Waals surface area contributed by atoms with Crippen molar-refractivity contribution in [1.82, 2.24) is 26.2 Å². The topological polar surface area (TPSA) is 194 Å². The first-order chi connectivity index (χ1) is 26.0. The lowest BCUT2D eigenvalue weighted by atomic mass is 9.88. The molecule has 0 aliphatic carbocycles. The minimum absolute atomic E-state index is 0.0506. The van der Waals surface area contributed by atoms with Crippen LogP contribution >= 0.6 is 0 Å². The lowest BCUT2D eigenvalue weighted by Gasteiger charge is -2.41. The molecule has 3 aromatic carbocycles. The minimum atomic E-state index is -1.49. The number of methoxy groups -OCH3 is 2. The highest BCUT2D eigenvalue weighted by Crippen LogP contribution is 2.32. The molecule has 15 nitrogen and oxygen atoms in total. The zero-order valence-electron chi connectivity index (χ0n) is 30.6. The first-order valence-electron chi connectivity index (χ1n) is 17.8. The summed E-state index contributed by atoms with van der Waals surface area (Å²) in [6.45, 7) is 1.36. The van der Waals surface area contributed by atoms with Gasteiger partial charge in [0.15, 0.2) is 17.1 Å². The van der Waals surface area contributed by atoms with Crippen molar-refractivity contribution in [2.45, 2.75) is 56.3 Å². The van der Waals surface area contributed by atoms with Gasteiger partial charge in [-0.25, -0.2) is 0 Å². The number of aliphatic hydroxyl groups excluding tert-OH is 1. The van der Waals surface area contributed by atoms with Crippen LogP contribution in [0.2, 0.25) is 0 Å². The molecule has 0 saturated carbocycles. The molecular formula is C39H47N5O10. The molecule has 0 unspecified atom stereocenters. The van der Waals surface area contributed by atoms with Crippen molar-refractivity contribution in [2.24, 2.45) is 0 Å². The molecule has 1 fully saturated rings. The standard InChI is InChI=1S/C39H47N5O10/c1-25-35(47)40-17-20-53-28-10-12-29(13-11-28)54-39(15-18-44(19-16-39)34(46)23-27-9-14-32(51-2)33(22-27)52-3)38(50)43-30(21-26-7-5-4-6-8-26)36(48)42-31(24-45)37(49)41-25/h4-14,22,25,30-31,45H,15-21,23-24H2,1-3H3,(H,40,47)(H,41,49)(H,42,48)(H,43,50)/t25-,30+,31-/m0/s1. The molecule has 0 aromatic heterocycles. The van der Waals surface area contributed by atoms with Gasteiger partial charge in [0, 0.05) is 32.4 Å². The average Bonchev–Trinajstić information content (AvgIpc) is 3.18. The van der Waals surface area contributed by atoms with Gasteiger partial charge in [0.1, 0.15) is 36.2 Å². The number of amides is 5. The zero-order chi connectivity index (χ0) is 38.7. The number of nitrogens with one attached hydrogen (secondary N) is 4. The van der Waals surface area contributed by atoms with E-state index in [-0.39, 0.29) is 57.8 Å². The number of hydrogen-bond donors (Lipinski definition) is 5. The normalized spacial score (nSPS) is 21.0. The average molecular weight is 746 g/mol. The predicted molar refractivity (Wildman–Crippen MR) is 196 cm³/mol.